The van der Waals surface area contributed by atoms with Crippen molar-refractivity contribution in [2.24, 2.45) is 0 Å². The standard InChI is InChI=1S/C22H21FN6O3S/c1-31-8-9-33-28-12-15(13-28)22-26-20(27-32-22)14-5-6-16(23)17(10-14)25-21(30)18-11-24-19-4-2-3-7-29(18)19/h2-7,10-11,15H,8-9,12-13H2,1H3,(H,25,30). The number of imidazole rings is 1. The molecule has 9 nitrogen and oxygen atoms in total. The van der Waals surface area contributed by atoms with Crippen molar-refractivity contribution in [2.75, 3.05) is 37.9 Å². The van der Waals surface area contributed by atoms with E-state index in [9.17, 15) is 9.18 Å². The van der Waals surface area contributed by atoms with Crippen LogP contribution in [0.3, 0.4) is 0 Å². The first kappa shape index (κ1) is 21.6. The number of anilines is 1. The van der Waals surface area contributed by atoms with E-state index in [0.29, 0.717) is 35.2 Å². The minimum absolute atomic E-state index is 0.0269. The molecule has 4 heterocycles. The first-order chi connectivity index (χ1) is 16.1. The maximum absolute atomic E-state index is 14.5. The second-order valence-corrected chi connectivity index (χ2v) is 8.73. The number of halogens is 1. The molecule has 1 aliphatic heterocycles. The number of rotatable bonds is 8. The Labute approximate surface area is 193 Å². The highest BCUT2D eigenvalue weighted by atomic mass is 32.2. The summed E-state index contributed by atoms with van der Waals surface area (Å²) in [5.41, 5.74) is 1.50. The molecule has 5 rings (SSSR count). The third-order valence-corrected chi connectivity index (χ3v) is 6.34. The fourth-order valence-corrected chi connectivity index (χ4v) is 4.58. The van der Waals surface area contributed by atoms with Crippen LogP contribution in [0, 0.1) is 5.82 Å². The number of aromatic nitrogens is 4. The fraction of sp³-hybridized carbons (Fsp3) is 0.273. The van der Waals surface area contributed by atoms with Crippen LogP contribution in [0.1, 0.15) is 22.3 Å². The van der Waals surface area contributed by atoms with Crippen molar-refractivity contribution in [1.82, 2.24) is 23.8 Å². The highest BCUT2D eigenvalue weighted by Gasteiger charge is 2.33. The summed E-state index contributed by atoms with van der Waals surface area (Å²) in [6, 6.07) is 9.73. The number of hydrogen-bond donors (Lipinski definition) is 1. The third-order valence-electron chi connectivity index (χ3n) is 5.32. The Morgan fingerprint density at radius 1 is 1.33 bits per heavy atom. The topological polar surface area (TPSA) is 97.8 Å². The molecule has 1 aromatic carbocycles. The van der Waals surface area contributed by atoms with E-state index in [4.69, 9.17) is 9.26 Å². The van der Waals surface area contributed by atoms with Crippen molar-refractivity contribution in [3.8, 4) is 11.4 Å². The molecule has 1 fully saturated rings. The quantitative estimate of drug-likeness (QED) is 0.310. The van der Waals surface area contributed by atoms with Gasteiger partial charge in [0, 0.05) is 37.7 Å². The zero-order chi connectivity index (χ0) is 22.8. The van der Waals surface area contributed by atoms with Crippen LogP contribution < -0.4 is 5.32 Å². The number of nitrogens with zero attached hydrogens (tertiary/aromatic N) is 5. The summed E-state index contributed by atoms with van der Waals surface area (Å²) in [4.78, 5) is 21.4. The molecule has 0 spiro atoms. The molecule has 4 aromatic rings. The van der Waals surface area contributed by atoms with E-state index in [2.05, 4.69) is 24.7 Å². The number of benzene rings is 1. The molecule has 1 N–H and O–H groups in total. The Balaban J connectivity index is 1.28. The first-order valence-corrected chi connectivity index (χ1v) is 11.3. The molecule has 1 amide bonds. The van der Waals surface area contributed by atoms with Crippen LogP contribution in [0.2, 0.25) is 0 Å². The SMILES string of the molecule is COCCSN1CC(c2nc(-c3ccc(F)c(NC(=O)c4cnc5ccccn45)c3)no2)C1. The molecule has 0 unspecified atom stereocenters. The van der Waals surface area contributed by atoms with Gasteiger partial charge in [0.25, 0.3) is 5.91 Å². The maximum atomic E-state index is 14.5. The van der Waals surface area contributed by atoms with Crippen LogP contribution >= 0.6 is 11.9 Å². The van der Waals surface area contributed by atoms with Gasteiger partial charge >= 0.3 is 0 Å². The summed E-state index contributed by atoms with van der Waals surface area (Å²) in [7, 11) is 1.69. The molecule has 0 bridgehead atoms. The summed E-state index contributed by atoms with van der Waals surface area (Å²) < 4.78 is 28.8. The highest BCUT2D eigenvalue weighted by Crippen LogP contribution is 2.32. The van der Waals surface area contributed by atoms with E-state index in [0.717, 1.165) is 18.8 Å². The maximum Gasteiger partial charge on any atom is 0.274 e. The third kappa shape index (κ3) is 4.47. The van der Waals surface area contributed by atoms with Crippen LogP contribution in [-0.2, 0) is 4.74 Å². The van der Waals surface area contributed by atoms with Crippen LogP contribution in [0.4, 0.5) is 10.1 Å². The number of hydrogen-bond acceptors (Lipinski definition) is 8. The van der Waals surface area contributed by atoms with E-state index in [1.165, 1.54) is 18.3 Å². The van der Waals surface area contributed by atoms with Gasteiger partial charge < -0.3 is 14.6 Å². The van der Waals surface area contributed by atoms with E-state index in [1.54, 1.807) is 47.9 Å². The Hall–Kier alpha value is -3.28. The molecular weight excluding hydrogens is 447 g/mol. The number of carbonyl (C=O) groups is 1. The van der Waals surface area contributed by atoms with Gasteiger partial charge in [-0.3, -0.25) is 9.20 Å². The molecule has 0 radical (unpaired) electrons. The van der Waals surface area contributed by atoms with Gasteiger partial charge in [0.15, 0.2) is 0 Å². The van der Waals surface area contributed by atoms with Gasteiger partial charge in [-0.2, -0.15) is 4.98 Å². The lowest BCUT2D eigenvalue weighted by atomic mass is 10.0. The number of pyridine rings is 1. The van der Waals surface area contributed by atoms with Crippen LogP contribution in [-0.4, -0.2) is 62.3 Å². The average Bonchev–Trinajstić information content (AvgIpc) is 3.44. The predicted octanol–water partition coefficient (Wildman–Crippen LogP) is 3.47. The van der Waals surface area contributed by atoms with Crippen molar-refractivity contribution >= 4 is 29.2 Å². The molecule has 0 aliphatic carbocycles. The summed E-state index contributed by atoms with van der Waals surface area (Å²) in [5, 5.41) is 6.67. The second-order valence-electron chi connectivity index (χ2n) is 7.55. The van der Waals surface area contributed by atoms with Gasteiger partial charge in [-0.1, -0.05) is 23.2 Å². The monoisotopic (exact) mass is 468 g/mol. The molecule has 0 saturated carbocycles. The van der Waals surface area contributed by atoms with E-state index >= 15 is 0 Å². The van der Waals surface area contributed by atoms with Crippen molar-refractivity contribution in [2.45, 2.75) is 5.92 Å². The lowest BCUT2D eigenvalue weighted by Gasteiger charge is -2.35. The summed E-state index contributed by atoms with van der Waals surface area (Å²) in [6.07, 6.45) is 3.18. The number of carbonyl (C=O) groups excluding carboxylic acids is 1. The van der Waals surface area contributed by atoms with Crippen LogP contribution in [0.15, 0.2) is 53.3 Å². The largest absolute Gasteiger partial charge is 0.384 e. The lowest BCUT2D eigenvalue weighted by Crippen LogP contribution is -2.40. The first-order valence-electron chi connectivity index (χ1n) is 10.4. The van der Waals surface area contributed by atoms with Crippen molar-refractivity contribution in [3.05, 3.63) is 66.2 Å². The summed E-state index contributed by atoms with van der Waals surface area (Å²) >= 11 is 1.73. The number of amides is 1. The van der Waals surface area contributed by atoms with Gasteiger partial charge in [-0.05, 0) is 30.3 Å². The van der Waals surface area contributed by atoms with Gasteiger partial charge in [-0.15, -0.1) is 0 Å². The Morgan fingerprint density at radius 2 is 2.21 bits per heavy atom. The molecular formula is C22H21FN6O3S. The minimum Gasteiger partial charge on any atom is -0.384 e. The smallest absolute Gasteiger partial charge is 0.274 e. The molecule has 33 heavy (non-hydrogen) atoms. The Morgan fingerprint density at radius 3 is 3.06 bits per heavy atom. The number of fused-ring (bicyclic) bond motifs is 1. The second kappa shape index (κ2) is 9.30. The summed E-state index contributed by atoms with van der Waals surface area (Å²) in [5.74, 6) is 0.926. The number of ether oxygens (including phenoxy) is 1. The minimum atomic E-state index is -0.563. The predicted molar refractivity (Wildman–Crippen MR) is 121 cm³/mol. The summed E-state index contributed by atoms with van der Waals surface area (Å²) in [6.45, 7) is 2.34. The van der Waals surface area contributed by atoms with Crippen molar-refractivity contribution < 1.29 is 18.4 Å². The van der Waals surface area contributed by atoms with Crippen molar-refractivity contribution in [1.29, 1.82) is 0 Å². The normalized spacial score (nSPS) is 14.5. The lowest BCUT2D eigenvalue weighted by molar-refractivity contribution is 0.102. The highest BCUT2D eigenvalue weighted by molar-refractivity contribution is 7.97. The number of methoxy groups -OCH3 is 1. The Kier molecular flexibility index (Phi) is 6.07. The Bertz CT molecular complexity index is 1290. The van der Waals surface area contributed by atoms with Gasteiger partial charge in [-0.25, -0.2) is 13.7 Å². The zero-order valence-corrected chi connectivity index (χ0v) is 18.6. The molecule has 0 atom stereocenters. The van der Waals surface area contributed by atoms with Crippen molar-refractivity contribution in [3.63, 3.8) is 0 Å². The van der Waals surface area contributed by atoms with Crippen LogP contribution in [0.25, 0.3) is 17.0 Å². The van der Waals surface area contributed by atoms with E-state index < -0.39 is 11.7 Å². The molecule has 11 heteroatoms. The average molecular weight is 469 g/mol. The fourth-order valence-electron chi connectivity index (χ4n) is 3.51. The molecule has 1 aliphatic rings. The zero-order valence-electron chi connectivity index (χ0n) is 17.8. The van der Waals surface area contributed by atoms with Gasteiger partial charge in [0.2, 0.25) is 11.7 Å². The van der Waals surface area contributed by atoms with E-state index in [-0.39, 0.29) is 11.6 Å². The van der Waals surface area contributed by atoms with Crippen LogP contribution in [0.5, 0.6) is 0 Å². The van der Waals surface area contributed by atoms with E-state index in [1.807, 2.05) is 6.07 Å². The van der Waals surface area contributed by atoms with Gasteiger partial charge in [0.05, 0.1) is 24.4 Å². The molecule has 1 saturated heterocycles. The molecule has 170 valence electrons. The molecule has 3 aromatic heterocycles. The number of nitrogens with one attached hydrogen (secondary N) is 1. The van der Waals surface area contributed by atoms with Gasteiger partial charge in [0.1, 0.15) is 17.2 Å².